The summed E-state index contributed by atoms with van der Waals surface area (Å²) in [4.78, 5) is 26.5. The summed E-state index contributed by atoms with van der Waals surface area (Å²) in [5.74, 6) is -0.0234. The van der Waals surface area contributed by atoms with Gasteiger partial charge in [0.15, 0.2) is 0 Å². The highest BCUT2D eigenvalue weighted by molar-refractivity contribution is 5.93. The lowest BCUT2D eigenvalue weighted by Crippen LogP contribution is -2.51. The lowest BCUT2D eigenvalue weighted by Gasteiger charge is -2.37. The van der Waals surface area contributed by atoms with E-state index < -0.39 is 5.54 Å². The van der Waals surface area contributed by atoms with Gasteiger partial charge in [-0.05, 0) is 51.3 Å². The molecule has 1 fully saturated rings. The van der Waals surface area contributed by atoms with E-state index in [1.807, 2.05) is 49.9 Å². The van der Waals surface area contributed by atoms with E-state index in [4.69, 9.17) is 5.73 Å². The number of benzene rings is 1. The maximum absolute atomic E-state index is 12.6. The minimum absolute atomic E-state index is 0. The molecular formula is C20H32ClN3O2. The molecule has 26 heavy (non-hydrogen) atoms. The zero-order valence-corrected chi connectivity index (χ0v) is 16.9. The summed E-state index contributed by atoms with van der Waals surface area (Å²) in [5, 5.41) is 2.98. The van der Waals surface area contributed by atoms with Gasteiger partial charge in [-0.1, -0.05) is 25.0 Å². The second kappa shape index (κ2) is 9.93. The average Bonchev–Trinajstić information content (AvgIpc) is 2.57. The van der Waals surface area contributed by atoms with E-state index in [0.717, 1.165) is 50.0 Å². The lowest BCUT2D eigenvalue weighted by molar-refractivity contribution is -0.130. The molecule has 6 heteroatoms. The fourth-order valence-electron chi connectivity index (χ4n) is 3.59. The minimum atomic E-state index is -0.432. The summed E-state index contributed by atoms with van der Waals surface area (Å²) in [6.07, 6.45) is 4.26. The summed E-state index contributed by atoms with van der Waals surface area (Å²) in [6, 6.07) is 7.53. The van der Waals surface area contributed by atoms with Crippen LogP contribution in [0, 0.1) is 5.92 Å². The van der Waals surface area contributed by atoms with Crippen LogP contribution in [0.3, 0.4) is 0 Å². The molecule has 1 aliphatic rings. The van der Waals surface area contributed by atoms with Crippen molar-refractivity contribution < 1.29 is 9.59 Å². The third-order valence-corrected chi connectivity index (χ3v) is 5.26. The van der Waals surface area contributed by atoms with Gasteiger partial charge < -0.3 is 16.0 Å². The van der Waals surface area contributed by atoms with Crippen molar-refractivity contribution in [3.05, 3.63) is 29.8 Å². The van der Waals surface area contributed by atoms with Gasteiger partial charge in [-0.2, -0.15) is 0 Å². The van der Waals surface area contributed by atoms with Crippen LogP contribution in [0.4, 0.5) is 5.69 Å². The SMILES string of the molecule is CCN(CC)C(=O)Cc1ccc(NC(=O)C2CCCCC2(C)N)cc1.Cl. The number of nitrogens with one attached hydrogen (secondary N) is 1. The molecule has 1 aliphatic carbocycles. The first-order valence-electron chi connectivity index (χ1n) is 9.33. The van der Waals surface area contributed by atoms with Crippen molar-refractivity contribution in [3.63, 3.8) is 0 Å². The van der Waals surface area contributed by atoms with Gasteiger partial charge in [0.05, 0.1) is 12.3 Å². The molecule has 0 bridgehead atoms. The molecule has 2 atom stereocenters. The summed E-state index contributed by atoms with van der Waals surface area (Å²) in [7, 11) is 0. The molecule has 0 saturated heterocycles. The van der Waals surface area contributed by atoms with E-state index in [9.17, 15) is 9.59 Å². The number of carbonyl (C=O) groups excluding carboxylic acids is 2. The van der Waals surface area contributed by atoms with Crippen LogP contribution in [0.5, 0.6) is 0 Å². The van der Waals surface area contributed by atoms with E-state index in [-0.39, 0.29) is 30.1 Å². The van der Waals surface area contributed by atoms with Crippen LogP contribution in [-0.4, -0.2) is 35.3 Å². The molecule has 2 rings (SSSR count). The summed E-state index contributed by atoms with van der Waals surface area (Å²) < 4.78 is 0. The molecule has 0 radical (unpaired) electrons. The molecule has 0 aromatic heterocycles. The van der Waals surface area contributed by atoms with Crippen molar-refractivity contribution in [1.82, 2.24) is 4.90 Å². The molecule has 3 N–H and O–H groups in total. The molecule has 1 saturated carbocycles. The number of anilines is 1. The molecule has 0 spiro atoms. The third kappa shape index (κ3) is 5.71. The highest BCUT2D eigenvalue weighted by atomic mass is 35.5. The molecule has 2 amide bonds. The monoisotopic (exact) mass is 381 g/mol. The molecule has 0 aliphatic heterocycles. The fraction of sp³-hybridized carbons (Fsp3) is 0.600. The number of nitrogens with two attached hydrogens (primary N) is 1. The van der Waals surface area contributed by atoms with Crippen molar-refractivity contribution in [2.24, 2.45) is 11.7 Å². The van der Waals surface area contributed by atoms with Crippen molar-refractivity contribution >= 4 is 29.9 Å². The molecule has 1 aromatic rings. The second-order valence-corrected chi connectivity index (χ2v) is 7.23. The number of carbonyl (C=O) groups is 2. The Morgan fingerprint density at radius 1 is 1.19 bits per heavy atom. The fourth-order valence-corrected chi connectivity index (χ4v) is 3.59. The van der Waals surface area contributed by atoms with Gasteiger partial charge in [-0.15, -0.1) is 12.4 Å². The van der Waals surface area contributed by atoms with Gasteiger partial charge >= 0.3 is 0 Å². The van der Waals surface area contributed by atoms with Crippen LogP contribution in [0.2, 0.25) is 0 Å². The lowest BCUT2D eigenvalue weighted by atomic mass is 9.74. The van der Waals surface area contributed by atoms with Gasteiger partial charge in [0.25, 0.3) is 0 Å². The highest BCUT2D eigenvalue weighted by Gasteiger charge is 2.37. The number of hydrogen-bond acceptors (Lipinski definition) is 3. The maximum Gasteiger partial charge on any atom is 0.229 e. The maximum atomic E-state index is 12.6. The predicted molar refractivity (Wildman–Crippen MR) is 109 cm³/mol. The molecule has 146 valence electrons. The number of nitrogens with zero attached hydrogens (tertiary/aromatic N) is 1. The number of hydrogen-bond donors (Lipinski definition) is 2. The molecule has 1 aromatic carbocycles. The van der Waals surface area contributed by atoms with E-state index in [1.54, 1.807) is 0 Å². The zero-order valence-electron chi connectivity index (χ0n) is 16.1. The molecule has 2 unspecified atom stereocenters. The smallest absolute Gasteiger partial charge is 0.229 e. The van der Waals surface area contributed by atoms with E-state index in [0.29, 0.717) is 6.42 Å². The Morgan fingerprint density at radius 3 is 2.35 bits per heavy atom. The van der Waals surface area contributed by atoms with Gasteiger partial charge in [0, 0.05) is 24.3 Å². The Hall–Kier alpha value is -1.59. The second-order valence-electron chi connectivity index (χ2n) is 7.23. The standard InChI is InChI=1S/C20H31N3O2.ClH/c1-4-23(5-2)18(24)14-15-9-11-16(12-10-15)22-19(25)17-8-6-7-13-20(17,3)21;/h9-12,17H,4-8,13-14,21H2,1-3H3,(H,22,25);1H. The first-order chi connectivity index (χ1) is 11.9. The largest absolute Gasteiger partial charge is 0.343 e. The van der Waals surface area contributed by atoms with Crippen molar-refractivity contribution in [2.75, 3.05) is 18.4 Å². The van der Waals surface area contributed by atoms with Crippen LogP contribution >= 0.6 is 12.4 Å². The van der Waals surface area contributed by atoms with Gasteiger partial charge in [-0.25, -0.2) is 0 Å². The number of halogens is 1. The molecule has 5 nitrogen and oxygen atoms in total. The molecule has 0 heterocycles. The highest BCUT2D eigenvalue weighted by Crippen LogP contribution is 2.32. The first kappa shape index (κ1) is 22.5. The Balaban J connectivity index is 0.00000338. The first-order valence-corrected chi connectivity index (χ1v) is 9.33. The number of amides is 2. The third-order valence-electron chi connectivity index (χ3n) is 5.26. The van der Waals surface area contributed by atoms with Crippen LogP contribution < -0.4 is 11.1 Å². The van der Waals surface area contributed by atoms with Crippen molar-refractivity contribution in [2.45, 2.75) is 58.4 Å². The zero-order chi connectivity index (χ0) is 18.4. The van der Waals surface area contributed by atoms with Crippen LogP contribution in [0.15, 0.2) is 24.3 Å². The van der Waals surface area contributed by atoms with E-state index >= 15 is 0 Å². The quantitative estimate of drug-likeness (QED) is 0.793. The summed E-state index contributed by atoms with van der Waals surface area (Å²) >= 11 is 0. The van der Waals surface area contributed by atoms with Crippen molar-refractivity contribution in [3.8, 4) is 0 Å². The van der Waals surface area contributed by atoms with Crippen molar-refractivity contribution in [1.29, 1.82) is 0 Å². The predicted octanol–water partition coefficient (Wildman–Crippen LogP) is 3.37. The van der Waals surface area contributed by atoms with Gasteiger partial charge in [0.1, 0.15) is 0 Å². The Labute approximate surface area is 163 Å². The topological polar surface area (TPSA) is 75.4 Å². The Morgan fingerprint density at radius 2 is 1.81 bits per heavy atom. The summed E-state index contributed by atoms with van der Waals surface area (Å²) in [5.41, 5.74) is 7.58. The van der Waals surface area contributed by atoms with E-state index in [2.05, 4.69) is 5.32 Å². The Kier molecular flexibility index (Phi) is 8.57. The minimum Gasteiger partial charge on any atom is -0.343 e. The van der Waals surface area contributed by atoms with Crippen LogP contribution in [-0.2, 0) is 16.0 Å². The number of likely N-dealkylation sites (N-methyl/N-ethyl adjacent to an activating group) is 1. The molecular weight excluding hydrogens is 350 g/mol. The van der Waals surface area contributed by atoms with Gasteiger partial charge in [-0.3, -0.25) is 9.59 Å². The van der Waals surface area contributed by atoms with E-state index in [1.165, 1.54) is 0 Å². The average molecular weight is 382 g/mol. The van der Waals surface area contributed by atoms with Crippen LogP contribution in [0.25, 0.3) is 0 Å². The normalized spacial score (nSPS) is 22.2. The van der Waals surface area contributed by atoms with Gasteiger partial charge in [0.2, 0.25) is 11.8 Å². The summed E-state index contributed by atoms with van der Waals surface area (Å²) in [6.45, 7) is 7.39. The Bertz CT molecular complexity index is 598. The number of rotatable bonds is 6. The van der Waals surface area contributed by atoms with Crippen LogP contribution in [0.1, 0.15) is 52.0 Å².